The summed E-state index contributed by atoms with van der Waals surface area (Å²) in [6.07, 6.45) is 92.8. The summed E-state index contributed by atoms with van der Waals surface area (Å²) in [5, 5.41) is 0. The molecule has 0 aromatic carbocycles. The summed E-state index contributed by atoms with van der Waals surface area (Å²) in [6, 6.07) is 0. The summed E-state index contributed by atoms with van der Waals surface area (Å²) >= 11 is 0. The largest absolute Gasteiger partial charge is 0.462 e. The van der Waals surface area contributed by atoms with E-state index >= 15 is 0 Å². The van der Waals surface area contributed by atoms with Gasteiger partial charge in [0.25, 0.3) is 0 Å². The number of ether oxygens (including phenoxy) is 3. The number of carbonyl (C=O) groups is 3. The quantitative estimate of drug-likeness (QED) is 0.0261. The standard InChI is InChI=1S/C77H140O6/c1-4-7-10-13-16-19-22-24-26-28-30-32-33-34-35-36-37-38-39-40-41-42-43-45-46-48-50-52-55-58-61-64-67-70-76(79)82-73-74(72-81-75(78)69-66-63-60-57-54-21-18-15-12-9-6-3)83-77(80)71-68-65-62-59-56-53-51-49-47-44-31-29-27-25-23-20-17-14-11-8-5-2/h8,11,17,20,25,27-28,30-31,44,74H,4-7,9-10,12-16,18-19,21-24,26,29,32-43,45-73H2,1-3H3/b11-8-,20-17-,27-25-,30-28-,44-31-. The van der Waals surface area contributed by atoms with Gasteiger partial charge in [-0.1, -0.05) is 351 Å². The van der Waals surface area contributed by atoms with Gasteiger partial charge in [-0.3, -0.25) is 14.4 Å². The number of hydrogen-bond donors (Lipinski definition) is 0. The number of carbonyl (C=O) groups excluding carboxylic acids is 3. The molecule has 0 bridgehead atoms. The second kappa shape index (κ2) is 71.6. The third-order valence-corrected chi connectivity index (χ3v) is 16.5. The van der Waals surface area contributed by atoms with Crippen molar-refractivity contribution in [3.63, 3.8) is 0 Å². The Labute approximate surface area is 517 Å². The lowest BCUT2D eigenvalue weighted by Gasteiger charge is -2.18. The SMILES string of the molecule is CC/C=C\C/C=C\C/C=C\C/C=C\CCCCCCCCCCC(=O)OC(COC(=O)CCCCCCCCCCCCC)COC(=O)CCCCCCCCCCCCCCCCCCCCCCC/C=C\CCCCCCCCCC. The number of unbranched alkanes of at least 4 members (excludes halogenated alkanes) is 47. The minimum atomic E-state index is -0.777. The summed E-state index contributed by atoms with van der Waals surface area (Å²) in [5.74, 6) is -0.857. The monoisotopic (exact) mass is 1160 g/mol. The maximum absolute atomic E-state index is 12.9. The molecule has 0 saturated carbocycles. The molecule has 0 heterocycles. The number of hydrogen-bond acceptors (Lipinski definition) is 6. The van der Waals surface area contributed by atoms with Crippen LogP contribution in [-0.4, -0.2) is 37.2 Å². The van der Waals surface area contributed by atoms with Crippen LogP contribution in [0.1, 0.15) is 393 Å². The number of esters is 3. The minimum absolute atomic E-state index is 0.0725. The molecule has 0 amide bonds. The molecule has 0 aromatic heterocycles. The van der Waals surface area contributed by atoms with Crippen LogP contribution >= 0.6 is 0 Å². The summed E-state index contributed by atoms with van der Waals surface area (Å²) in [4.78, 5) is 38.4. The van der Waals surface area contributed by atoms with Gasteiger partial charge in [0.05, 0.1) is 0 Å². The van der Waals surface area contributed by atoms with Crippen LogP contribution in [0.5, 0.6) is 0 Å². The van der Waals surface area contributed by atoms with Gasteiger partial charge >= 0.3 is 17.9 Å². The third-order valence-electron chi connectivity index (χ3n) is 16.5. The molecule has 83 heavy (non-hydrogen) atoms. The van der Waals surface area contributed by atoms with Crippen molar-refractivity contribution in [3.05, 3.63) is 60.8 Å². The normalized spacial score (nSPS) is 12.4. The zero-order valence-corrected chi connectivity index (χ0v) is 55.7. The molecule has 0 saturated heterocycles. The van der Waals surface area contributed by atoms with Gasteiger partial charge in [0, 0.05) is 19.3 Å². The smallest absolute Gasteiger partial charge is 0.306 e. The van der Waals surface area contributed by atoms with E-state index in [0.29, 0.717) is 19.3 Å². The molecule has 6 heteroatoms. The molecule has 0 fully saturated rings. The number of allylic oxidation sites excluding steroid dienone is 10. The highest BCUT2D eigenvalue weighted by Crippen LogP contribution is 2.19. The minimum Gasteiger partial charge on any atom is -0.462 e. The maximum Gasteiger partial charge on any atom is 0.306 e. The molecule has 6 nitrogen and oxygen atoms in total. The van der Waals surface area contributed by atoms with E-state index in [-0.39, 0.29) is 31.1 Å². The van der Waals surface area contributed by atoms with Crippen LogP contribution in [0, 0.1) is 0 Å². The van der Waals surface area contributed by atoms with E-state index in [1.54, 1.807) is 0 Å². The van der Waals surface area contributed by atoms with Gasteiger partial charge < -0.3 is 14.2 Å². The molecule has 0 spiro atoms. The first-order valence-corrected chi connectivity index (χ1v) is 36.8. The van der Waals surface area contributed by atoms with Crippen molar-refractivity contribution in [2.24, 2.45) is 0 Å². The van der Waals surface area contributed by atoms with Gasteiger partial charge in [0.1, 0.15) is 13.2 Å². The zero-order chi connectivity index (χ0) is 59.9. The van der Waals surface area contributed by atoms with Crippen LogP contribution in [0.15, 0.2) is 60.8 Å². The van der Waals surface area contributed by atoms with Gasteiger partial charge in [-0.05, 0) is 83.5 Å². The van der Waals surface area contributed by atoms with E-state index in [2.05, 4.69) is 81.5 Å². The van der Waals surface area contributed by atoms with Crippen molar-refractivity contribution in [3.8, 4) is 0 Å². The fraction of sp³-hybridized carbons (Fsp3) is 0.831. The molecule has 1 atom stereocenters. The average molecular weight is 1160 g/mol. The average Bonchev–Trinajstić information content (AvgIpc) is 3.48. The van der Waals surface area contributed by atoms with E-state index in [0.717, 1.165) is 89.9 Å². The first kappa shape index (κ1) is 80.1. The van der Waals surface area contributed by atoms with Crippen LogP contribution in [0.4, 0.5) is 0 Å². The molecule has 484 valence electrons. The Hall–Kier alpha value is -2.89. The molecule has 1 unspecified atom stereocenters. The van der Waals surface area contributed by atoms with E-state index in [4.69, 9.17) is 14.2 Å². The van der Waals surface area contributed by atoms with Crippen LogP contribution in [-0.2, 0) is 28.6 Å². The van der Waals surface area contributed by atoms with Crippen LogP contribution in [0.2, 0.25) is 0 Å². The Morgan fingerprint density at radius 3 is 0.747 bits per heavy atom. The van der Waals surface area contributed by atoms with Gasteiger partial charge in [-0.2, -0.15) is 0 Å². The van der Waals surface area contributed by atoms with Gasteiger partial charge in [-0.25, -0.2) is 0 Å². The van der Waals surface area contributed by atoms with Gasteiger partial charge in [0.15, 0.2) is 6.10 Å². The second-order valence-electron chi connectivity index (χ2n) is 24.8. The second-order valence-corrected chi connectivity index (χ2v) is 24.8. The van der Waals surface area contributed by atoms with Gasteiger partial charge in [0.2, 0.25) is 0 Å². The predicted molar refractivity (Wildman–Crippen MR) is 362 cm³/mol. The maximum atomic E-state index is 12.9. The van der Waals surface area contributed by atoms with Crippen molar-refractivity contribution in [1.29, 1.82) is 0 Å². The Morgan fingerprint density at radius 2 is 0.470 bits per heavy atom. The fourth-order valence-electron chi connectivity index (χ4n) is 11.0. The predicted octanol–water partition coefficient (Wildman–Crippen LogP) is 25.5. The molecule has 0 aliphatic heterocycles. The van der Waals surface area contributed by atoms with E-state index < -0.39 is 6.10 Å². The molecule has 0 rings (SSSR count). The Balaban J connectivity index is 4.11. The molecular weight excluding hydrogens is 1020 g/mol. The zero-order valence-electron chi connectivity index (χ0n) is 55.7. The van der Waals surface area contributed by atoms with Crippen LogP contribution in [0.3, 0.4) is 0 Å². The highest BCUT2D eigenvalue weighted by Gasteiger charge is 2.19. The lowest BCUT2D eigenvalue weighted by molar-refractivity contribution is -0.167. The summed E-state index contributed by atoms with van der Waals surface area (Å²) in [7, 11) is 0. The first-order valence-electron chi connectivity index (χ1n) is 36.8. The highest BCUT2D eigenvalue weighted by atomic mass is 16.6. The summed E-state index contributed by atoms with van der Waals surface area (Å²) in [6.45, 7) is 6.57. The molecule has 0 aliphatic carbocycles. The molecule has 0 aromatic rings. The van der Waals surface area contributed by atoms with Crippen molar-refractivity contribution >= 4 is 17.9 Å². The molecular formula is C77H140O6. The van der Waals surface area contributed by atoms with Crippen molar-refractivity contribution in [2.45, 2.75) is 399 Å². The summed E-state index contributed by atoms with van der Waals surface area (Å²) in [5.41, 5.74) is 0. The lowest BCUT2D eigenvalue weighted by atomic mass is 10.0. The Bertz CT molecular complexity index is 1470. The fourth-order valence-corrected chi connectivity index (χ4v) is 11.0. The van der Waals surface area contributed by atoms with Crippen molar-refractivity contribution in [1.82, 2.24) is 0 Å². The number of rotatable bonds is 68. The van der Waals surface area contributed by atoms with E-state index in [1.165, 1.54) is 263 Å². The van der Waals surface area contributed by atoms with Crippen molar-refractivity contribution < 1.29 is 28.6 Å². The Kier molecular flexibility index (Phi) is 69.1. The summed E-state index contributed by atoms with van der Waals surface area (Å²) < 4.78 is 17.0. The third kappa shape index (κ3) is 69.8. The van der Waals surface area contributed by atoms with Gasteiger partial charge in [-0.15, -0.1) is 0 Å². The molecule has 0 aliphatic rings. The van der Waals surface area contributed by atoms with E-state index in [9.17, 15) is 14.4 Å². The van der Waals surface area contributed by atoms with Crippen molar-refractivity contribution in [2.75, 3.05) is 13.2 Å². The van der Waals surface area contributed by atoms with Crippen LogP contribution in [0.25, 0.3) is 0 Å². The first-order chi connectivity index (χ1) is 41.0. The van der Waals surface area contributed by atoms with E-state index in [1.807, 2.05) is 0 Å². The topological polar surface area (TPSA) is 78.9 Å². The lowest BCUT2D eigenvalue weighted by Crippen LogP contribution is -2.30. The molecule has 0 radical (unpaired) electrons. The highest BCUT2D eigenvalue weighted by molar-refractivity contribution is 5.71. The Morgan fingerprint density at radius 1 is 0.253 bits per heavy atom. The molecule has 0 N–H and O–H groups in total. The van der Waals surface area contributed by atoms with Crippen LogP contribution < -0.4 is 0 Å².